The number of hydrogen-bond acceptors (Lipinski definition) is 5. The van der Waals surface area contributed by atoms with Crippen molar-refractivity contribution in [2.24, 2.45) is 11.8 Å². The van der Waals surface area contributed by atoms with Crippen LogP contribution in [0.4, 0.5) is 0 Å². The van der Waals surface area contributed by atoms with Gasteiger partial charge in [-0.15, -0.1) is 0 Å². The number of ether oxygens (including phenoxy) is 3. The van der Waals surface area contributed by atoms with E-state index in [-0.39, 0.29) is 12.2 Å². The molecule has 276 valence electrons. The van der Waals surface area contributed by atoms with Crippen LogP contribution in [0.5, 0.6) is 0 Å². The third-order valence-corrected chi connectivity index (χ3v) is 10.5. The van der Waals surface area contributed by atoms with Crippen LogP contribution in [0.25, 0.3) is 0 Å². The molecule has 0 radical (unpaired) electrons. The molecule has 0 N–H and O–H groups in total. The van der Waals surface area contributed by atoms with Gasteiger partial charge < -0.3 is 14.2 Å². The molecule has 0 bridgehead atoms. The van der Waals surface area contributed by atoms with Crippen molar-refractivity contribution in [3.63, 3.8) is 0 Å². The molecule has 4 rings (SSSR count). The quantitative estimate of drug-likeness (QED) is 0.0927. The third kappa shape index (κ3) is 16.4. The summed E-state index contributed by atoms with van der Waals surface area (Å²) in [6.45, 7) is 18.2. The summed E-state index contributed by atoms with van der Waals surface area (Å²) >= 11 is 0. The van der Waals surface area contributed by atoms with Crippen LogP contribution in [0.2, 0.25) is 0 Å². The Labute approximate surface area is 301 Å². The molecule has 2 unspecified atom stereocenters. The minimum atomic E-state index is 0.0305. The minimum absolute atomic E-state index is 0.0305. The molecule has 0 fully saturated rings. The van der Waals surface area contributed by atoms with Gasteiger partial charge in [-0.25, -0.2) is 0 Å². The lowest BCUT2D eigenvalue weighted by atomic mass is 9.99. The first-order valence-corrected chi connectivity index (χ1v) is 20.4. The van der Waals surface area contributed by atoms with E-state index in [2.05, 4.69) is 86.0 Å². The summed E-state index contributed by atoms with van der Waals surface area (Å²) in [4.78, 5) is 5.17. The van der Waals surface area contributed by atoms with Gasteiger partial charge in [-0.2, -0.15) is 0 Å². The smallest absolute Gasteiger partial charge is 0.0940 e. The molecular weight excluding hydrogens is 604 g/mol. The first-order valence-electron chi connectivity index (χ1n) is 20.4. The summed E-state index contributed by atoms with van der Waals surface area (Å²) in [6, 6.07) is 17.9. The zero-order valence-corrected chi connectivity index (χ0v) is 32.0. The van der Waals surface area contributed by atoms with Gasteiger partial charge in [0.05, 0.1) is 25.4 Å². The molecule has 0 spiro atoms. The molecule has 5 heteroatoms. The van der Waals surface area contributed by atoms with E-state index in [1.165, 1.54) is 86.5 Å². The average molecular weight is 677 g/mol. The van der Waals surface area contributed by atoms with Crippen molar-refractivity contribution in [2.45, 2.75) is 143 Å². The van der Waals surface area contributed by atoms with Crippen LogP contribution in [0.15, 0.2) is 48.5 Å². The summed E-state index contributed by atoms with van der Waals surface area (Å²) in [5.74, 6) is 1.64. The second-order valence-electron chi connectivity index (χ2n) is 15.9. The van der Waals surface area contributed by atoms with Crippen LogP contribution in [0.1, 0.15) is 127 Å². The second-order valence-corrected chi connectivity index (χ2v) is 15.9. The lowest BCUT2D eigenvalue weighted by Crippen LogP contribution is -2.45. The monoisotopic (exact) mass is 677 g/mol. The van der Waals surface area contributed by atoms with Crippen LogP contribution < -0.4 is 0 Å². The van der Waals surface area contributed by atoms with E-state index in [0.717, 1.165) is 90.0 Å². The summed E-state index contributed by atoms with van der Waals surface area (Å²) < 4.78 is 19.8. The van der Waals surface area contributed by atoms with E-state index in [0.29, 0.717) is 13.2 Å². The first-order chi connectivity index (χ1) is 24.0. The fraction of sp³-hybridized carbons (Fsp3) is 0.727. The predicted molar refractivity (Wildman–Crippen MR) is 206 cm³/mol. The lowest BCUT2D eigenvalue weighted by molar-refractivity contribution is -0.105. The van der Waals surface area contributed by atoms with E-state index in [9.17, 15) is 0 Å². The Hall–Kier alpha value is -1.76. The minimum Gasteiger partial charge on any atom is -0.379 e. The Morgan fingerprint density at radius 2 is 0.898 bits per heavy atom. The van der Waals surface area contributed by atoms with Gasteiger partial charge in [0.15, 0.2) is 0 Å². The molecule has 49 heavy (non-hydrogen) atoms. The molecule has 2 aliphatic heterocycles. The third-order valence-electron chi connectivity index (χ3n) is 10.5. The second kappa shape index (κ2) is 23.7. The van der Waals surface area contributed by atoms with E-state index in [1.54, 1.807) is 0 Å². The first kappa shape index (κ1) is 40.0. The highest BCUT2D eigenvalue weighted by molar-refractivity contribution is 5.30. The largest absolute Gasteiger partial charge is 0.379 e. The Morgan fingerprint density at radius 3 is 1.33 bits per heavy atom. The normalized spacial score (nSPS) is 16.6. The van der Waals surface area contributed by atoms with Crippen molar-refractivity contribution in [1.29, 1.82) is 0 Å². The fourth-order valence-corrected chi connectivity index (χ4v) is 7.54. The molecule has 0 aromatic heterocycles. The van der Waals surface area contributed by atoms with E-state index in [4.69, 9.17) is 14.2 Å². The van der Waals surface area contributed by atoms with Gasteiger partial charge in [-0.3, -0.25) is 9.80 Å². The van der Waals surface area contributed by atoms with Crippen molar-refractivity contribution < 1.29 is 14.2 Å². The number of nitrogens with zero attached hydrogens (tertiary/aromatic N) is 2. The molecule has 2 aromatic rings. The van der Waals surface area contributed by atoms with Crippen molar-refractivity contribution in [3.8, 4) is 0 Å². The van der Waals surface area contributed by atoms with Crippen molar-refractivity contribution in [3.05, 3.63) is 70.8 Å². The summed E-state index contributed by atoms with van der Waals surface area (Å²) in [5, 5.41) is 0. The summed E-state index contributed by atoms with van der Waals surface area (Å²) in [6.07, 6.45) is 17.8. The van der Waals surface area contributed by atoms with Gasteiger partial charge in [0.1, 0.15) is 0 Å². The Bertz CT molecular complexity index is 1050. The SMILES string of the molecule is CC(C)CCCCCCCOCC(CN1CCc2ccccc2C1)OC(COCCCCCCCC(C)C)CN1CCc2ccccc2C1. The maximum Gasteiger partial charge on any atom is 0.0940 e. The van der Waals surface area contributed by atoms with Crippen LogP contribution in [0.3, 0.4) is 0 Å². The highest BCUT2D eigenvalue weighted by Crippen LogP contribution is 2.22. The molecule has 2 aliphatic rings. The Kier molecular flexibility index (Phi) is 19.3. The van der Waals surface area contributed by atoms with Gasteiger partial charge in [0.25, 0.3) is 0 Å². The molecule has 0 saturated heterocycles. The summed E-state index contributed by atoms with van der Waals surface area (Å²) in [5.41, 5.74) is 5.92. The standard InChI is InChI=1S/C44H72N2O3/c1-37(2)19-11-7-5-9-17-29-47-35-43(33-45-27-25-39-21-13-15-23-41(39)31-45)49-44(36-48-30-18-10-6-8-12-20-38(3)4)34-46-28-26-40-22-14-16-24-42(40)32-46/h13-16,21-24,37-38,43-44H,5-12,17-20,25-36H2,1-4H3. The maximum atomic E-state index is 7.06. The highest BCUT2D eigenvalue weighted by Gasteiger charge is 2.26. The number of fused-ring (bicyclic) bond motifs is 2. The molecule has 2 aromatic carbocycles. The van der Waals surface area contributed by atoms with E-state index >= 15 is 0 Å². The van der Waals surface area contributed by atoms with Crippen LogP contribution in [-0.2, 0) is 40.1 Å². The zero-order chi connectivity index (χ0) is 34.5. The van der Waals surface area contributed by atoms with Gasteiger partial charge in [0, 0.05) is 52.5 Å². The summed E-state index contributed by atoms with van der Waals surface area (Å²) in [7, 11) is 0. The van der Waals surface area contributed by atoms with Crippen LogP contribution in [0, 0.1) is 11.8 Å². The topological polar surface area (TPSA) is 34.2 Å². The van der Waals surface area contributed by atoms with Gasteiger partial charge >= 0.3 is 0 Å². The number of benzene rings is 2. The van der Waals surface area contributed by atoms with E-state index < -0.39 is 0 Å². The maximum absolute atomic E-state index is 7.06. The van der Waals surface area contributed by atoms with Crippen molar-refractivity contribution in [1.82, 2.24) is 9.80 Å². The molecule has 0 aliphatic carbocycles. The number of rotatable bonds is 26. The molecule has 5 nitrogen and oxygen atoms in total. The Balaban J connectivity index is 1.30. The lowest BCUT2D eigenvalue weighted by Gasteiger charge is -2.36. The van der Waals surface area contributed by atoms with Crippen LogP contribution in [-0.4, -0.2) is 74.6 Å². The Morgan fingerprint density at radius 1 is 0.510 bits per heavy atom. The average Bonchev–Trinajstić information content (AvgIpc) is 3.09. The molecular formula is C44H72N2O3. The molecule has 2 heterocycles. The van der Waals surface area contributed by atoms with E-state index in [1.807, 2.05) is 0 Å². The van der Waals surface area contributed by atoms with Crippen molar-refractivity contribution in [2.75, 3.05) is 52.6 Å². The zero-order valence-electron chi connectivity index (χ0n) is 32.0. The van der Waals surface area contributed by atoms with Gasteiger partial charge in [0.2, 0.25) is 0 Å². The van der Waals surface area contributed by atoms with Gasteiger partial charge in [-0.1, -0.05) is 140 Å². The van der Waals surface area contributed by atoms with Gasteiger partial charge in [-0.05, 0) is 59.8 Å². The number of unbranched alkanes of at least 4 members (excludes halogenated alkanes) is 8. The predicted octanol–water partition coefficient (Wildman–Crippen LogP) is 9.88. The fourth-order valence-electron chi connectivity index (χ4n) is 7.54. The van der Waals surface area contributed by atoms with Crippen LogP contribution >= 0.6 is 0 Å². The van der Waals surface area contributed by atoms with Crippen molar-refractivity contribution >= 4 is 0 Å². The molecule has 0 saturated carbocycles. The highest BCUT2D eigenvalue weighted by atomic mass is 16.6. The number of hydrogen-bond donors (Lipinski definition) is 0. The molecule has 0 amide bonds. The molecule has 2 atom stereocenters.